The number of carbonyl (C=O) groups is 1. The minimum atomic E-state index is 0.0128. The van der Waals surface area contributed by atoms with Crippen molar-refractivity contribution in [3.63, 3.8) is 0 Å². The largest absolute Gasteiger partial charge is 0.337 e. The average molecular weight is 334 g/mol. The van der Waals surface area contributed by atoms with Gasteiger partial charge in [0, 0.05) is 35.1 Å². The molecule has 0 spiro atoms. The Morgan fingerprint density at radius 1 is 1.32 bits per heavy atom. The molecule has 22 heavy (non-hydrogen) atoms. The highest BCUT2D eigenvalue weighted by Gasteiger charge is 2.51. The third-order valence-electron chi connectivity index (χ3n) is 4.62. The second-order valence-corrected chi connectivity index (χ2v) is 7.64. The molecule has 4 rings (SSSR count). The number of likely N-dealkylation sites (tertiary alicyclic amines) is 1. The lowest BCUT2D eigenvalue weighted by atomic mass is 9.90. The third-order valence-corrected chi connectivity index (χ3v) is 5.90. The number of halogens is 1. The first-order chi connectivity index (χ1) is 10.5. The normalized spacial score (nSPS) is 19.8. The van der Waals surface area contributed by atoms with E-state index in [4.69, 9.17) is 17.3 Å². The van der Waals surface area contributed by atoms with E-state index in [1.165, 1.54) is 11.3 Å². The standard InChI is InChI=1S/C16H16ClN3OS/c17-12-3-1-10(2-4-12)14-19-7-13(22-14)15(21)20-8-11(9-20)16(18)5-6-16/h1-4,7,11H,5-6,8-9,18H2. The van der Waals surface area contributed by atoms with Crippen molar-refractivity contribution in [2.45, 2.75) is 18.4 Å². The van der Waals surface area contributed by atoms with Crippen molar-refractivity contribution in [1.82, 2.24) is 9.88 Å². The van der Waals surface area contributed by atoms with Crippen LogP contribution in [0.1, 0.15) is 22.5 Å². The Kier molecular flexibility index (Phi) is 3.25. The Hall–Kier alpha value is -1.43. The topological polar surface area (TPSA) is 59.2 Å². The fourth-order valence-corrected chi connectivity index (χ4v) is 3.83. The molecule has 0 bridgehead atoms. The summed E-state index contributed by atoms with van der Waals surface area (Å²) in [6.45, 7) is 1.56. The zero-order valence-corrected chi connectivity index (χ0v) is 13.5. The second kappa shape index (κ2) is 5.05. The highest BCUT2D eigenvalue weighted by molar-refractivity contribution is 7.16. The van der Waals surface area contributed by atoms with Gasteiger partial charge in [0.1, 0.15) is 9.88 Å². The number of nitrogens with zero attached hydrogens (tertiary/aromatic N) is 2. The molecule has 0 unspecified atom stereocenters. The van der Waals surface area contributed by atoms with Gasteiger partial charge in [0.2, 0.25) is 0 Å². The van der Waals surface area contributed by atoms with Crippen molar-refractivity contribution in [2.75, 3.05) is 13.1 Å². The first-order valence-electron chi connectivity index (χ1n) is 7.35. The van der Waals surface area contributed by atoms with Gasteiger partial charge in [-0.2, -0.15) is 0 Å². The van der Waals surface area contributed by atoms with E-state index >= 15 is 0 Å². The SMILES string of the molecule is NC1(C2CN(C(=O)c3cnc(-c4ccc(Cl)cc4)s3)C2)CC1. The van der Waals surface area contributed by atoms with Gasteiger partial charge in [-0.3, -0.25) is 4.79 Å². The van der Waals surface area contributed by atoms with Crippen LogP contribution in [0.15, 0.2) is 30.5 Å². The molecule has 1 aromatic heterocycles. The van der Waals surface area contributed by atoms with E-state index in [2.05, 4.69) is 4.98 Å². The Labute approximate surface area is 137 Å². The van der Waals surface area contributed by atoms with Crippen LogP contribution in [0.25, 0.3) is 10.6 Å². The molecular weight excluding hydrogens is 318 g/mol. The van der Waals surface area contributed by atoms with Crippen LogP contribution in [-0.2, 0) is 0 Å². The highest BCUT2D eigenvalue weighted by Crippen LogP contribution is 2.44. The molecule has 2 fully saturated rings. The van der Waals surface area contributed by atoms with Gasteiger partial charge in [-0.15, -0.1) is 11.3 Å². The molecule has 0 radical (unpaired) electrons. The number of nitrogens with two attached hydrogens (primary N) is 1. The second-order valence-electron chi connectivity index (χ2n) is 6.18. The van der Waals surface area contributed by atoms with Crippen molar-refractivity contribution in [3.8, 4) is 10.6 Å². The van der Waals surface area contributed by atoms with Gasteiger partial charge in [0.05, 0.1) is 6.20 Å². The van der Waals surface area contributed by atoms with Crippen LogP contribution in [0, 0.1) is 5.92 Å². The lowest BCUT2D eigenvalue weighted by molar-refractivity contribution is 0.0434. The number of hydrogen-bond acceptors (Lipinski definition) is 4. The van der Waals surface area contributed by atoms with Gasteiger partial charge in [-0.05, 0) is 25.0 Å². The quantitative estimate of drug-likeness (QED) is 0.939. The molecule has 6 heteroatoms. The Bertz CT molecular complexity index is 717. The number of hydrogen-bond donors (Lipinski definition) is 1. The van der Waals surface area contributed by atoms with E-state index in [1.807, 2.05) is 29.2 Å². The first kappa shape index (κ1) is 14.2. The lowest BCUT2D eigenvalue weighted by Gasteiger charge is -2.42. The van der Waals surface area contributed by atoms with Crippen molar-refractivity contribution in [3.05, 3.63) is 40.4 Å². The summed E-state index contributed by atoms with van der Waals surface area (Å²) in [7, 11) is 0. The van der Waals surface area contributed by atoms with E-state index < -0.39 is 0 Å². The predicted molar refractivity (Wildman–Crippen MR) is 88.1 cm³/mol. The molecule has 2 aliphatic rings. The van der Waals surface area contributed by atoms with E-state index in [0.717, 1.165) is 36.5 Å². The molecule has 2 N–H and O–H groups in total. The average Bonchev–Trinajstić information content (AvgIpc) is 3.01. The minimum absolute atomic E-state index is 0.0128. The number of aromatic nitrogens is 1. The smallest absolute Gasteiger partial charge is 0.265 e. The number of benzene rings is 1. The van der Waals surface area contributed by atoms with Crippen molar-refractivity contribution >= 4 is 28.8 Å². The van der Waals surface area contributed by atoms with Gasteiger partial charge in [-0.1, -0.05) is 23.7 Å². The van der Waals surface area contributed by atoms with Gasteiger partial charge in [-0.25, -0.2) is 4.98 Å². The van der Waals surface area contributed by atoms with Crippen molar-refractivity contribution in [2.24, 2.45) is 11.7 Å². The van der Waals surface area contributed by atoms with Crippen LogP contribution in [0.3, 0.4) is 0 Å². The van der Waals surface area contributed by atoms with Gasteiger partial charge in [0.15, 0.2) is 0 Å². The maximum absolute atomic E-state index is 12.5. The van der Waals surface area contributed by atoms with Gasteiger partial charge in [0.25, 0.3) is 5.91 Å². The molecule has 1 aliphatic heterocycles. The van der Waals surface area contributed by atoms with Crippen LogP contribution in [-0.4, -0.2) is 34.4 Å². The number of thiazole rings is 1. The van der Waals surface area contributed by atoms with E-state index in [1.54, 1.807) is 6.20 Å². The Morgan fingerprint density at radius 3 is 2.64 bits per heavy atom. The van der Waals surface area contributed by atoms with Crippen molar-refractivity contribution < 1.29 is 4.79 Å². The first-order valence-corrected chi connectivity index (χ1v) is 8.54. The van der Waals surface area contributed by atoms with Gasteiger partial charge >= 0.3 is 0 Å². The summed E-state index contributed by atoms with van der Waals surface area (Å²) in [5.74, 6) is 0.540. The summed E-state index contributed by atoms with van der Waals surface area (Å²) in [4.78, 5) is 19.4. The summed E-state index contributed by atoms with van der Waals surface area (Å²) >= 11 is 7.32. The maximum Gasteiger partial charge on any atom is 0.265 e. The molecule has 114 valence electrons. The maximum atomic E-state index is 12.5. The van der Waals surface area contributed by atoms with Crippen LogP contribution < -0.4 is 5.73 Å². The van der Waals surface area contributed by atoms with Crippen LogP contribution in [0.5, 0.6) is 0 Å². The highest BCUT2D eigenvalue weighted by atomic mass is 35.5. The monoisotopic (exact) mass is 333 g/mol. The summed E-state index contributed by atoms with van der Waals surface area (Å²) in [5.41, 5.74) is 7.18. The molecule has 1 saturated heterocycles. The summed E-state index contributed by atoms with van der Waals surface area (Å²) in [5, 5.41) is 1.54. The van der Waals surface area contributed by atoms with Crippen LogP contribution >= 0.6 is 22.9 Å². The summed E-state index contributed by atoms with van der Waals surface area (Å²) in [6.07, 6.45) is 3.86. The Morgan fingerprint density at radius 2 is 2.00 bits per heavy atom. The molecular formula is C16H16ClN3OS. The van der Waals surface area contributed by atoms with E-state index in [0.29, 0.717) is 15.8 Å². The van der Waals surface area contributed by atoms with E-state index in [9.17, 15) is 4.79 Å². The molecule has 1 aromatic carbocycles. The number of carbonyl (C=O) groups excluding carboxylic acids is 1. The predicted octanol–water partition coefficient (Wildman–Crippen LogP) is 3.03. The summed E-state index contributed by atoms with van der Waals surface area (Å²) < 4.78 is 0. The molecule has 0 atom stereocenters. The zero-order valence-electron chi connectivity index (χ0n) is 12.0. The summed E-state index contributed by atoms with van der Waals surface area (Å²) in [6, 6.07) is 7.49. The molecule has 4 nitrogen and oxygen atoms in total. The molecule has 1 amide bonds. The molecule has 2 heterocycles. The van der Waals surface area contributed by atoms with Crippen LogP contribution in [0.2, 0.25) is 5.02 Å². The number of amides is 1. The van der Waals surface area contributed by atoms with Crippen molar-refractivity contribution in [1.29, 1.82) is 0 Å². The van der Waals surface area contributed by atoms with Crippen LogP contribution in [0.4, 0.5) is 0 Å². The lowest BCUT2D eigenvalue weighted by Crippen LogP contribution is -2.57. The zero-order chi connectivity index (χ0) is 15.3. The fourth-order valence-electron chi connectivity index (χ4n) is 2.82. The molecule has 2 aromatic rings. The van der Waals surface area contributed by atoms with Gasteiger partial charge < -0.3 is 10.6 Å². The van der Waals surface area contributed by atoms with E-state index in [-0.39, 0.29) is 11.4 Å². The molecule has 1 saturated carbocycles. The Balaban J connectivity index is 1.45. The fraction of sp³-hybridized carbons (Fsp3) is 0.375. The molecule has 1 aliphatic carbocycles. The number of rotatable bonds is 3. The minimum Gasteiger partial charge on any atom is -0.337 e. The third kappa shape index (κ3) is 2.43.